The van der Waals surface area contributed by atoms with Crippen molar-refractivity contribution in [2.45, 2.75) is 25.4 Å². The quantitative estimate of drug-likeness (QED) is 0.331. The Labute approximate surface area is 216 Å². The second kappa shape index (κ2) is 11.5. The van der Waals surface area contributed by atoms with E-state index < -0.39 is 0 Å². The van der Waals surface area contributed by atoms with Gasteiger partial charge in [0.2, 0.25) is 5.91 Å². The molecule has 198 valence electrons. The van der Waals surface area contributed by atoms with Crippen LogP contribution in [0.1, 0.15) is 17.5 Å². The summed E-state index contributed by atoms with van der Waals surface area (Å²) in [5, 5.41) is 14.5. The molecule has 9 nitrogen and oxygen atoms in total. The molecule has 3 aliphatic rings. The molecule has 0 unspecified atom stereocenters. The first kappa shape index (κ1) is 25.6. The molecule has 1 amide bonds. The Balaban J connectivity index is 1.28. The number of halogens is 1. The van der Waals surface area contributed by atoms with E-state index >= 15 is 0 Å². The number of nitro benzene ring substituents is 1. The summed E-state index contributed by atoms with van der Waals surface area (Å²) in [7, 11) is 0. The molecule has 2 atom stereocenters. The fraction of sp³-hybridized carbons (Fsp3) is 0.519. The van der Waals surface area contributed by atoms with Gasteiger partial charge in [0.05, 0.1) is 30.1 Å². The Kier molecular flexibility index (Phi) is 7.97. The minimum Gasteiger partial charge on any atom is -0.379 e. The number of anilines is 1. The monoisotopic (exact) mass is 511 g/mol. The number of fused-ring (bicyclic) bond motifs is 3. The highest BCUT2D eigenvalue weighted by Crippen LogP contribution is 2.38. The number of nitrogens with zero attached hydrogens (tertiary/aromatic N) is 4. The van der Waals surface area contributed by atoms with Crippen LogP contribution in [0.2, 0.25) is 0 Å². The van der Waals surface area contributed by atoms with Crippen molar-refractivity contribution in [1.82, 2.24) is 15.1 Å². The zero-order valence-electron chi connectivity index (χ0n) is 21.0. The van der Waals surface area contributed by atoms with Gasteiger partial charge in [0.25, 0.3) is 5.69 Å². The maximum atomic E-state index is 13.5. The van der Waals surface area contributed by atoms with Gasteiger partial charge in [0.15, 0.2) is 0 Å². The Hall–Kier alpha value is -3.08. The summed E-state index contributed by atoms with van der Waals surface area (Å²) in [4.78, 5) is 31.4. The van der Waals surface area contributed by atoms with Crippen molar-refractivity contribution < 1.29 is 18.8 Å². The number of carbonyl (C=O) groups excluding carboxylic acids is 1. The lowest BCUT2D eigenvalue weighted by Gasteiger charge is -2.49. The molecule has 0 spiro atoms. The molecule has 0 radical (unpaired) electrons. The molecule has 0 saturated carbocycles. The van der Waals surface area contributed by atoms with E-state index in [1.54, 1.807) is 24.3 Å². The normalized spacial score (nSPS) is 22.2. The third-order valence-corrected chi connectivity index (χ3v) is 7.70. The molecule has 5 rings (SSSR count). The zero-order chi connectivity index (χ0) is 25.8. The van der Waals surface area contributed by atoms with E-state index in [0.717, 1.165) is 69.2 Å². The Bertz CT molecular complexity index is 1110. The number of ether oxygens (including phenoxy) is 1. The van der Waals surface area contributed by atoms with Crippen molar-refractivity contribution in [2.75, 3.05) is 63.9 Å². The van der Waals surface area contributed by atoms with Gasteiger partial charge in [0, 0.05) is 63.6 Å². The lowest BCUT2D eigenvalue weighted by molar-refractivity contribution is -0.384. The molecular formula is C27H34FN5O4. The Morgan fingerprint density at radius 2 is 1.86 bits per heavy atom. The SMILES string of the molecule is O=C(NCCCN1CCOCC1)[C@@H]1Cc2cc([N+](=O)[O-])ccc2N2CCN(Cc3ccc(F)cc3)C[C@@H]12. The predicted octanol–water partition coefficient (Wildman–Crippen LogP) is 2.44. The topological polar surface area (TPSA) is 91.2 Å². The number of carbonyl (C=O) groups is 1. The molecule has 0 bridgehead atoms. The van der Waals surface area contributed by atoms with Crippen LogP contribution < -0.4 is 10.2 Å². The summed E-state index contributed by atoms with van der Waals surface area (Å²) >= 11 is 0. The van der Waals surface area contributed by atoms with Crippen LogP contribution in [0.3, 0.4) is 0 Å². The second-order valence-corrected chi connectivity index (χ2v) is 10.1. The average molecular weight is 512 g/mol. The molecule has 2 aromatic rings. The summed E-state index contributed by atoms with van der Waals surface area (Å²) in [6, 6.07) is 11.5. The molecule has 2 aromatic carbocycles. The molecule has 0 aliphatic carbocycles. The van der Waals surface area contributed by atoms with Gasteiger partial charge in [-0.3, -0.25) is 24.7 Å². The number of nitro groups is 1. The fourth-order valence-electron chi connectivity index (χ4n) is 5.74. The van der Waals surface area contributed by atoms with Crippen molar-refractivity contribution in [1.29, 1.82) is 0 Å². The number of hydrogen-bond donors (Lipinski definition) is 1. The molecule has 3 heterocycles. The number of amides is 1. The van der Waals surface area contributed by atoms with Gasteiger partial charge >= 0.3 is 0 Å². The first-order chi connectivity index (χ1) is 18.0. The van der Waals surface area contributed by atoms with Crippen LogP contribution in [0.15, 0.2) is 42.5 Å². The highest BCUT2D eigenvalue weighted by molar-refractivity contribution is 5.82. The number of nitrogens with one attached hydrogen (secondary N) is 1. The molecule has 37 heavy (non-hydrogen) atoms. The summed E-state index contributed by atoms with van der Waals surface area (Å²) in [6.07, 6.45) is 1.34. The lowest BCUT2D eigenvalue weighted by atomic mass is 9.83. The van der Waals surface area contributed by atoms with Crippen molar-refractivity contribution in [3.8, 4) is 0 Å². The number of piperazine rings is 1. The van der Waals surface area contributed by atoms with Gasteiger partial charge in [-0.2, -0.15) is 0 Å². The van der Waals surface area contributed by atoms with Crippen LogP contribution >= 0.6 is 0 Å². The minimum absolute atomic E-state index is 0.00207. The summed E-state index contributed by atoms with van der Waals surface area (Å²) in [6.45, 7) is 7.77. The number of benzene rings is 2. The molecule has 1 N–H and O–H groups in total. The number of hydrogen-bond acceptors (Lipinski definition) is 7. The zero-order valence-corrected chi connectivity index (χ0v) is 21.0. The first-order valence-corrected chi connectivity index (χ1v) is 13.1. The van der Waals surface area contributed by atoms with Crippen molar-refractivity contribution >= 4 is 17.3 Å². The van der Waals surface area contributed by atoms with Crippen LogP contribution in [0.5, 0.6) is 0 Å². The molecule has 2 fully saturated rings. The van der Waals surface area contributed by atoms with Crippen LogP contribution in [0, 0.1) is 21.8 Å². The third kappa shape index (κ3) is 6.08. The highest BCUT2D eigenvalue weighted by atomic mass is 19.1. The molecule has 3 aliphatic heterocycles. The van der Waals surface area contributed by atoms with E-state index in [0.29, 0.717) is 26.1 Å². The minimum atomic E-state index is -0.381. The summed E-state index contributed by atoms with van der Waals surface area (Å²) in [5.41, 5.74) is 2.92. The molecule has 2 saturated heterocycles. The number of non-ortho nitro benzene ring substituents is 1. The van der Waals surface area contributed by atoms with Crippen LogP contribution in [-0.2, 0) is 22.5 Å². The van der Waals surface area contributed by atoms with Gasteiger partial charge in [-0.15, -0.1) is 0 Å². The maximum absolute atomic E-state index is 13.5. The molecule has 10 heteroatoms. The van der Waals surface area contributed by atoms with Gasteiger partial charge in [-0.05, 0) is 48.7 Å². The smallest absolute Gasteiger partial charge is 0.269 e. The van der Waals surface area contributed by atoms with Gasteiger partial charge in [-0.25, -0.2) is 4.39 Å². The van der Waals surface area contributed by atoms with E-state index in [-0.39, 0.29) is 34.3 Å². The lowest BCUT2D eigenvalue weighted by Crippen LogP contribution is -2.61. The van der Waals surface area contributed by atoms with Crippen LogP contribution in [0.4, 0.5) is 15.8 Å². The van der Waals surface area contributed by atoms with Crippen LogP contribution in [0.25, 0.3) is 0 Å². The van der Waals surface area contributed by atoms with E-state index in [1.807, 2.05) is 6.07 Å². The van der Waals surface area contributed by atoms with E-state index in [2.05, 4.69) is 20.0 Å². The molecular weight excluding hydrogens is 477 g/mol. The van der Waals surface area contributed by atoms with E-state index in [9.17, 15) is 19.3 Å². The van der Waals surface area contributed by atoms with Gasteiger partial charge < -0.3 is 15.0 Å². The highest BCUT2D eigenvalue weighted by Gasteiger charge is 2.41. The number of rotatable bonds is 8. The second-order valence-electron chi connectivity index (χ2n) is 10.1. The third-order valence-electron chi connectivity index (χ3n) is 7.70. The Morgan fingerprint density at radius 1 is 1.08 bits per heavy atom. The van der Waals surface area contributed by atoms with Crippen molar-refractivity contribution in [2.24, 2.45) is 5.92 Å². The standard InChI is InChI=1S/C27H34FN5O4/c28-22-4-2-20(3-5-22)18-31-10-11-32-25-7-6-23(33(35)36)16-21(25)17-24(26(32)19-31)27(34)29-8-1-9-30-12-14-37-15-13-30/h2-7,16,24,26H,1,8-15,17-19H2,(H,29,34)/t24-,26+/m1/s1. The number of morpholine rings is 1. The van der Waals surface area contributed by atoms with Gasteiger partial charge in [0.1, 0.15) is 5.82 Å². The maximum Gasteiger partial charge on any atom is 0.269 e. The largest absolute Gasteiger partial charge is 0.379 e. The van der Waals surface area contributed by atoms with Crippen LogP contribution in [-0.4, -0.2) is 85.7 Å². The Morgan fingerprint density at radius 3 is 2.62 bits per heavy atom. The fourth-order valence-corrected chi connectivity index (χ4v) is 5.74. The van der Waals surface area contributed by atoms with Gasteiger partial charge in [-0.1, -0.05) is 12.1 Å². The summed E-state index contributed by atoms with van der Waals surface area (Å²) in [5.74, 6) is -0.566. The van der Waals surface area contributed by atoms with E-state index in [1.165, 1.54) is 12.1 Å². The van der Waals surface area contributed by atoms with Crippen molar-refractivity contribution in [3.05, 3.63) is 69.5 Å². The summed E-state index contributed by atoms with van der Waals surface area (Å²) < 4.78 is 18.8. The van der Waals surface area contributed by atoms with E-state index in [4.69, 9.17) is 4.74 Å². The first-order valence-electron chi connectivity index (χ1n) is 13.1. The average Bonchev–Trinajstić information content (AvgIpc) is 2.92. The van der Waals surface area contributed by atoms with Crippen molar-refractivity contribution in [3.63, 3.8) is 0 Å². The predicted molar refractivity (Wildman–Crippen MR) is 138 cm³/mol. The molecule has 0 aromatic heterocycles.